The molecule has 0 bridgehead atoms. The zero-order valence-corrected chi connectivity index (χ0v) is 12.0. The second kappa shape index (κ2) is 7.48. The van der Waals surface area contributed by atoms with E-state index in [9.17, 15) is 25.5 Å². The SMILES string of the molecule is N#C/C=C1/C=C[C@H](O)[C@@H](O)[C@@H]1O[C@@H]1O[C@H](CO)[C@@H](O)[C@H](O)[C@H]1O. The highest BCUT2D eigenvalue weighted by atomic mass is 16.7. The Morgan fingerprint density at radius 3 is 2.43 bits per heavy atom. The first-order chi connectivity index (χ1) is 10.9. The molecule has 9 nitrogen and oxygen atoms in total. The average Bonchev–Trinajstić information content (AvgIpc) is 2.54. The van der Waals surface area contributed by atoms with Gasteiger partial charge in [-0.25, -0.2) is 0 Å². The summed E-state index contributed by atoms with van der Waals surface area (Å²) in [6.45, 7) is -0.624. The number of aliphatic hydroxyl groups is 6. The molecule has 9 heteroatoms. The van der Waals surface area contributed by atoms with E-state index in [0.29, 0.717) is 0 Å². The third-order valence-corrected chi connectivity index (χ3v) is 3.83. The van der Waals surface area contributed by atoms with Crippen molar-refractivity contribution in [3.63, 3.8) is 0 Å². The van der Waals surface area contributed by atoms with Crippen LogP contribution in [0.3, 0.4) is 0 Å². The van der Waals surface area contributed by atoms with E-state index in [2.05, 4.69) is 0 Å². The van der Waals surface area contributed by atoms with Gasteiger partial charge in [0.1, 0.15) is 42.7 Å². The van der Waals surface area contributed by atoms with Gasteiger partial charge in [0.2, 0.25) is 0 Å². The molecule has 1 saturated heterocycles. The van der Waals surface area contributed by atoms with Crippen LogP contribution in [0.4, 0.5) is 0 Å². The van der Waals surface area contributed by atoms with Crippen molar-refractivity contribution in [2.75, 3.05) is 6.61 Å². The molecular formula is C14H19NO8. The van der Waals surface area contributed by atoms with Gasteiger partial charge in [0.15, 0.2) is 6.29 Å². The monoisotopic (exact) mass is 329 g/mol. The first kappa shape index (κ1) is 18.0. The maximum atomic E-state index is 10.0. The van der Waals surface area contributed by atoms with Gasteiger partial charge in [0, 0.05) is 6.08 Å². The Labute approximate surface area is 131 Å². The standard InChI is InChI=1S/C14H19NO8/c15-4-3-6-1-2-7(17)9(18)13(6)23-14-12(21)11(20)10(19)8(5-16)22-14/h1-3,7-14,16-21H,5H2/b6-3-/t7-,8+,9+,10+,11-,12+,13+,14-/m0/s1. The molecule has 0 radical (unpaired) electrons. The van der Waals surface area contributed by atoms with Gasteiger partial charge in [-0.05, 0) is 5.57 Å². The molecule has 23 heavy (non-hydrogen) atoms. The minimum Gasteiger partial charge on any atom is -0.394 e. The van der Waals surface area contributed by atoms with Gasteiger partial charge in [-0.15, -0.1) is 0 Å². The van der Waals surface area contributed by atoms with E-state index in [1.807, 2.05) is 0 Å². The number of hydrogen-bond donors (Lipinski definition) is 6. The van der Waals surface area contributed by atoms with Crippen LogP contribution in [0.5, 0.6) is 0 Å². The summed E-state index contributed by atoms with van der Waals surface area (Å²) in [6, 6.07) is 1.77. The number of nitrogens with zero attached hydrogens (tertiary/aromatic N) is 1. The van der Waals surface area contributed by atoms with E-state index in [4.69, 9.17) is 19.8 Å². The Kier molecular flexibility index (Phi) is 5.85. The first-order valence-corrected chi connectivity index (χ1v) is 7.00. The minimum absolute atomic E-state index is 0.238. The number of allylic oxidation sites excluding steroid dienone is 1. The van der Waals surface area contributed by atoms with Gasteiger partial charge in [0.05, 0.1) is 12.7 Å². The van der Waals surface area contributed by atoms with Gasteiger partial charge < -0.3 is 40.1 Å². The maximum Gasteiger partial charge on any atom is 0.187 e. The van der Waals surface area contributed by atoms with Crippen LogP contribution in [0, 0.1) is 11.3 Å². The van der Waals surface area contributed by atoms with E-state index < -0.39 is 55.6 Å². The molecule has 0 aromatic heterocycles. The average molecular weight is 329 g/mol. The normalized spacial score (nSPS) is 45.9. The lowest BCUT2D eigenvalue weighted by molar-refractivity contribution is -0.314. The van der Waals surface area contributed by atoms with Crippen LogP contribution in [0.25, 0.3) is 0 Å². The van der Waals surface area contributed by atoms with Crippen molar-refractivity contribution in [2.45, 2.75) is 49.0 Å². The van der Waals surface area contributed by atoms with Crippen molar-refractivity contribution in [2.24, 2.45) is 0 Å². The number of nitriles is 1. The van der Waals surface area contributed by atoms with Crippen molar-refractivity contribution in [3.05, 3.63) is 23.8 Å². The largest absolute Gasteiger partial charge is 0.394 e. The lowest BCUT2D eigenvalue weighted by Gasteiger charge is -2.42. The second-order valence-corrected chi connectivity index (χ2v) is 5.37. The molecule has 2 rings (SSSR count). The van der Waals surface area contributed by atoms with Crippen molar-refractivity contribution in [1.82, 2.24) is 0 Å². The zero-order valence-electron chi connectivity index (χ0n) is 12.0. The fourth-order valence-corrected chi connectivity index (χ4v) is 2.48. The van der Waals surface area contributed by atoms with Crippen LogP contribution in [0.1, 0.15) is 0 Å². The maximum absolute atomic E-state index is 10.0. The Balaban J connectivity index is 2.20. The van der Waals surface area contributed by atoms with Crippen LogP contribution in [-0.4, -0.2) is 86.3 Å². The van der Waals surface area contributed by atoms with Gasteiger partial charge >= 0.3 is 0 Å². The molecular weight excluding hydrogens is 310 g/mol. The molecule has 1 aliphatic carbocycles. The summed E-state index contributed by atoms with van der Waals surface area (Å²) < 4.78 is 10.6. The van der Waals surface area contributed by atoms with Crippen LogP contribution in [-0.2, 0) is 9.47 Å². The van der Waals surface area contributed by atoms with Crippen molar-refractivity contribution >= 4 is 0 Å². The summed E-state index contributed by atoms with van der Waals surface area (Å²) >= 11 is 0. The molecule has 2 aliphatic rings. The number of rotatable bonds is 3. The van der Waals surface area contributed by atoms with Gasteiger partial charge in [0.25, 0.3) is 0 Å². The smallest absolute Gasteiger partial charge is 0.187 e. The van der Waals surface area contributed by atoms with Gasteiger partial charge in [-0.1, -0.05) is 12.2 Å². The van der Waals surface area contributed by atoms with Crippen LogP contribution in [0.15, 0.2) is 23.8 Å². The summed E-state index contributed by atoms with van der Waals surface area (Å²) in [4.78, 5) is 0. The third-order valence-electron chi connectivity index (χ3n) is 3.83. The number of aliphatic hydroxyl groups excluding tert-OH is 6. The molecule has 0 unspecified atom stereocenters. The van der Waals surface area contributed by atoms with Crippen LogP contribution in [0.2, 0.25) is 0 Å². The first-order valence-electron chi connectivity index (χ1n) is 7.00. The molecule has 1 heterocycles. The molecule has 8 atom stereocenters. The third kappa shape index (κ3) is 3.60. The number of hydrogen-bond acceptors (Lipinski definition) is 9. The van der Waals surface area contributed by atoms with E-state index in [1.165, 1.54) is 12.2 Å². The van der Waals surface area contributed by atoms with Crippen molar-refractivity contribution in [3.8, 4) is 6.07 Å². The predicted octanol–water partition coefficient (Wildman–Crippen LogP) is -3.09. The predicted molar refractivity (Wildman–Crippen MR) is 73.5 cm³/mol. The summed E-state index contributed by atoms with van der Waals surface area (Å²) in [5.41, 5.74) is 0.238. The Hall–Kier alpha value is -1.35. The molecule has 0 amide bonds. The Bertz CT molecular complexity index is 513. The van der Waals surface area contributed by atoms with Crippen LogP contribution >= 0.6 is 0 Å². The van der Waals surface area contributed by atoms with Crippen molar-refractivity contribution in [1.29, 1.82) is 5.26 Å². The second-order valence-electron chi connectivity index (χ2n) is 5.37. The summed E-state index contributed by atoms with van der Waals surface area (Å²) in [6.07, 6.45) is -7.57. The zero-order chi connectivity index (χ0) is 17.1. The Morgan fingerprint density at radius 1 is 1.13 bits per heavy atom. The van der Waals surface area contributed by atoms with Gasteiger partial charge in [-0.2, -0.15) is 5.26 Å². The highest BCUT2D eigenvalue weighted by Gasteiger charge is 2.46. The van der Waals surface area contributed by atoms with E-state index in [1.54, 1.807) is 6.07 Å². The van der Waals surface area contributed by atoms with E-state index >= 15 is 0 Å². The van der Waals surface area contributed by atoms with Gasteiger partial charge in [-0.3, -0.25) is 0 Å². The molecule has 128 valence electrons. The van der Waals surface area contributed by atoms with E-state index in [0.717, 1.165) is 6.08 Å². The Morgan fingerprint density at radius 2 is 1.83 bits per heavy atom. The molecule has 0 aromatic carbocycles. The summed E-state index contributed by atoms with van der Waals surface area (Å²) in [5, 5.41) is 66.9. The number of ether oxygens (including phenoxy) is 2. The topological polar surface area (TPSA) is 164 Å². The highest BCUT2D eigenvalue weighted by molar-refractivity contribution is 5.34. The molecule has 0 spiro atoms. The fourth-order valence-electron chi connectivity index (χ4n) is 2.48. The fraction of sp³-hybridized carbons (Fsp3) is 0.643. The minimum atomic E-state index is -1.65. The lowest BCUT2D eigenvalue weighted by Crippen LogP contribution is -2.60. The summed E-state index contributed by atoms with van der Waals surface area (Å²) in [5.74, 6) is 0. The molecule has 1 fully saturated rings. The van der Waals surface area contributed by atoms with Crippen LogP contribution < -0.4 is 0 Å². The molecule has 6 N–H and O–H groups in total. The lowest BCUT2D eigenvalue weighted by atomic mass is 9.93. The molecule has 0 aromatic rings. The summed E-state index contributed by atoms with van der Waals surface area (Å²) in [7, 11) is 0. The quantitative estimate of drug-likeness (QED) is 0.294. The van der Waals surface area contributed by atoms with Crippen molar-refractivity contribution < 1.29 is 40.1 Å². The molecule has 1 aliphatic heterocycles. The molecule has 0 saturated carbocycles. The highest BCUT2D eigenvalue weighted by Crippen LogP contribution is 2.28. The van der Waals surface area contributed by atoms with E-state index in [-0.39, 0.29) is 5.57 Å².